The monoisotopic (exact) mass is 281 g/mol. The predicted molar refractivity (Wildman–Crippen MR) is 83.3 cm³/mol. The standard InChI is InChI=1S/C18H19NO2/c20-18(17-11-6-12-21-17)19-16-10-5-4-9-15(16)13-14-7-2-1-3-8-14/h1-5,7-10,17H,6,11-13H2,(H,19,20)/t17-/m1/s1. The van der Waals surface area contributed by atoms with Gasteiger partial charge in [-0.3, -0.25) is 4.79 Å². The van der Waals surface area contributed by atoms with Crippen molar-refractivity contribution in [1.82, 2.24) is 0 Å². The van der Waals surface area contributed by atoms with Crippen molar-refractivity contribution in [2.75, 3.05) is 11.9 Å². The van der Waals surface area contributed by atoms with Crippen molar-refractivity contribution in [1.29, 1.82) is 0 Å². The van der Waals surface area contributed by atoms with Crippen LogP contribution in [0.1, 0.15) is 24.0 Å². The Balaban J connectivity index is 1.74. The minimum absolute atomic E-state index is 0.0342. The lowest BCUT2D eigenvalue weighted by Crippen LogP contribution is -2.27. The predicted octanol–water partition coefficient (Wildman–Crippen LogP) is 3.39. The second-order valence-electron chi connectivity index (χ2n) is 5.31. The number of anilines is 1. The van der Waals surface area contributed by atoms with E-state index in [4.69, 9.17) is 4.74 Å². The first-order valence-corrected chi connectivity index (χ1v) is 7.37. The minimum Gasteiger partial charge on any atom is -0.368 e. The fraction of sp³-hybridized carbons (Fsp3) is 0.278. The summed E-state index contributed by atoms with van der Waals surface area (Å²) in [5, 5.41) is 3.01. The summed E-state index contributed by atoms with van der Waals surface area (Å²) in [6.45, 7) is 0.684. The molecule has 0 spiro atoms. The van der Waals surface area contributed by atoms with Crippen LogP contribution in [0.5, 0.6) is 0 Å². The molecule has 0 bridgehead atoms. The SMILES string of the molecule is O=C(Nc1ccccc1Cc1ccccc1)[C@H]1CCCO1. The van der Waals surface area contributed by atoms with Crippen molar-refractivity contribution in [3.05, 3.63) is 65.7 Å². The van der Waals surface area contributed by atoms with Crippen LogP contribution in [0, 0.1) is 0 Å². The van der Waals surface area contributed by atoms with Gasteiger partial charge in [0.15, 0.2) is 0 Å². The third kappa shape index (κ3) is 3.50. The number of ether oxygens (including phenoxy) is 1. The molecule has 108 valence electrons. The van der Waals surface area contributed by atoms with Crippen molar-refractivity contribution < 1.29 is 9.53 Å². The molecule has 0 radical (unpaired) electrons. The molecule has 1 fully saturated rings. The van der Waals surface area contributed by atoms with E-state index in [-0.39, 0.29) is 12.0 Å². The molecule has 1 aliphatic rings. The van der Waals surface area contributed by atoms with E-state index in [1.54, 1.807) is 0 Å². The molecule has 3 heteroatoms. The molecular formula is C18H19NO2. The lowest BCUT2D eigenvalue weighted by atomic mass is 10.0. The van der Waals surface area contributed by atoms with Gasteiger partial charge in [0.2, 0.25) is 0 Å². The number of rotatable bonds is 4. The Morgan fingerprint density at radius 2 is 1.86 bits per heavy atom. The molecule has 0 unspecified atom stereocenters. The van der Waals surface area contributed by atoms with E-state index in [1.807, 2.05) is 36.4 Å². The van der Waals surface area contributed by atoms with Gasteiger partial charge in [-0.05, 0) is 36.5 Å². The maximum Gasteiger partial charge on any atom is 0.253 e. The lowest BCUT2D eigenvalue weighted by Gasteiger charge is -2.14. The van der Waals surface area contributed by atoms with Crippen LogP contribution in [0.15, 0.2) is 54.6 Å². The fourth-order valence-electron chi connectivity index (χ4n) is 2.61. The first-order valence-electron chi connectivity index (χ1n) is 7.37. The largest absolute Gasteiger partial charge is 0.368 e. The number of carbonyl (C=O) groups excluding carboxylic acids is 1. The average molecular weight is 281 g/mol. The van der Waals surface area contributed by atoms with Crippen molar-refractivity contribution in [3.63, 3.8) is 0 Å². The molecule has 1 atom stereocenters. The normalized spacial score (nSPS) is 17.6. The zero-order valence-electron chi connectivity index (χ0n) is 11.9. The summed E-state index contributed by atoms with van der Waals surface area (Å²) in [7, 11) is 0. The lowest BCUT2D eigenvalue weighted by molar-refractivity contribution is -0.124. The molecule has 3 rings (SSSR count). The maximum absolute atomic E-state index is 12.2. The Kier molecular flexibility index (Phi) is 4.31. The molecule has 1 N–H and O–H groups in total. The van der Waals surface area contributed by atoms with Gasteiger partial charge in [0.1, 0.15) is 6.10 Å². The van der Waals surface area contributed by atoms with Crippen molar-refractivity contribution in [3.8, 4) is 0 Å². The second kappa shape index (κ2) is 6.55. The van der Waals surface area contributed by atoms with Crippen LogP contribution in [0.4, 0.5) is 5.69 Å². The highest BCUT2D eigenvalue weighted by Crippen LogP contribution is 2.21. The molecule has 1 amide bonds. The van der Waals surface area contributed by atoms with E-state index >= 15 is 0 Å². The number of nitrogens with one attached hydrogen (secondary N) is 1. The first kappa shape index (κ1) is 13.8. The molecular weight excluding hydrogens is 262 g/mol. The van der Waals surface area contributed by atoms with Crippen LogP contribution in [0.3, 0.4) is 0 Å². The average Bonchev–Trinajstić information content (AvgIpc) is 3.05. The van der Waals surface area contributed by atoms with Gasteiger partial charge in [0.05, 0.1) is 0 Å². The van der Waals surface area contributed by atoms with E-state index in [2.05, 4.69) is 23.5 Å². The topological polar surface area (TPSA) is 38.3 Å². The number of amides is 1. The van der Waals surface area contributed by atoms with Crippen molar-refractivity contribution in [2.24, 2.45) is 0 Å². The molecule has 1 aliphatic heterocycles. The van der Waals surface area contributed by atoms with Gasteiger partial charge in [-0.1, -0.05) is 48.5 Å². The van der Waals surface area contributed by atoms with Crippen LogP contribution in [-0.4, -0.2) is 18.6 Å². The van der Waals surface area contributed by atoms with Crippen LogP contribution >= 0.6 is 0 Å². The molecule has 21 heavy (non-hydrogen) atoms. The summed E-state index contributed by atoms with van der Waals surface area (Å²) in [6, 6.07) is 18.2. The molecule has 0 aliphatic carbocycles. The summed E-state index contributed by atoms with van der Waals surface area (Å²) >= 11 is 0. The molecule has 3 nitrogen and oxygen atoms in total. The second-order valence-corrected chi connectivity index (χ2v) is 5.31. The molecule has 1 heterocycles. The third-order valence-corrected chi connectivity index (χ3v) is 3.73. The Bertz CT molecular complexity index is 604. The zero-order chi connectivity index (χ0) is 14.5. The minimum atomic E-state index is -0.296. The number of hydrogen-bond acceptors (Lipinski definition) is 2. The van der Waals surface area contributed by atoms with Crippen molar-refractivity contribution >= 4 is 11.6 Å². The van der Waals surface area contributed by atoms with Crippen LogP contribution < -0.4 is 5.32 Å². The van der Waals surface area contributed by atoms with Gasteiger partial charge in [-0.25, -0.2) is 0 Å². The fourth-order valence-corrected chi connectivity index (χ4v) is 2.61. The highest BCUT2D eigenvalue weighted by molar-refractivity contribution is 5.95. The van der Waals surface area contributed by atoms with Crippen LogP contribution in [0.25, 0.3) is 0 Å². The summed E-state index contributed by atoms with van der Waals surface area (Å²) < 4.78 is 5.43. The summed E-state index contributed by atoms with van der Waals surface area (Å²) in [6.07, 6.45) is 2.29. The Morgan fingerprint density at radius 1 is 1.10 bits per heavy atom. The third-order valence-electron chi connectivity index (χ3n) is 3.73. The molecule has 0 aromatic heterocycles. The molecule has 2 aromatic carbocycles. The number of benzene rings is 2. The number of para-hydroxylation sites is 1. The van der Waals surface area contributed by atoms with Gasteiger partial charge in [-0.2, -0.15) is 0 Å². The van der Waals surface area contributed by atoms with Gasteiger partial charge in [0.25, 0.3) is 5.91 Å². The summed E-state index contributed by atoms with van der Waals surface area (Å²) in [5.41, 5.74) is 3.23. The summed E-state index contributed by atoms with van der Waals surface area (Å²) in [4.78, 5) is 12.2. The van der Waals surface area contributed by atoms with Gasteiger partial charge in [0, 0.05) is 12.3 Å². The van der Waals surface area contributed by atoms with Gasteiger partial charge in [-0.15, -0.1) is 0 Å². The molecule has 0 saturated carbocycles. The Hall–Kier alpha value is -2.13. The van der Waals surface area contributed by atoms with Gasteiger partial charge < -0.3 is 10.1 Å². The van der Waals surface area contributed by atoms with E-state index < -0.39 is 0 Å². The Labute approximate surface area is 124 Å². The summed E-state index contributed by atoms with van der Waals surface area (Å²) in [5.74, 6) is -0.0342. The van der Waals surface area contributed by atoms with E-state index in [0.29, 0.717) is 6.61 Å². The highest BCUT2D eigenvalue weighted by Gasteiger charge is 2.23. The first-order chi connectivity index (χ1) is 10.3. The highest BCUT2D eigenvalue weighted by atomic mass is 16.5. The molecule has 2 aromatic rings. The quantitative estimate of drug-likeness (QED) is 0.933. The zero-order valence-corrected chi connectivity index (χ0v) is 11.9. The van der Waals surface area contributed by atoms with Crippen LogP contribution in [-0.2, 0) is 16.0 Å². The van der Waals surface area contributed by atoms with Crippen molar-refractivity contribution in [2.45, 2.75) is 25.4 Å². The van der Waals surface area contributed by atoms with Crippen LogP contribution in [0.2, 0.25) is 0 Å². The number of hydrogen-bond donors (Lipinski definition) is 1. The van der Waals surface area contributed by atoms with E-state index in [1.165, 1.54) is 5.56 Å². The van der Waals surface area contributed by atoms with E-state index in [0.717, 1.165) is 30.5 Å². The van der Waals surface area contributed by atoms with Gasteiger partial charge >= 0.3 is 0 Å². The van der Waals surface area contributed by atoms with E-state index in [9.17, 15) is 4.79 Å². The Morgan fingerprint density at radius 3 is 2.62 bits per heavy atom. The smallest absolute Gasteiger partial charge is 0.253 e. The maximum atomic E-state index is 12.2. The number of carbonyl (C=O) groups is 1. The molecule has 1 saturated heterocycles.